The van der Waals surface area contributed by atoms with Crippen LogP contribution in [0.15, 0.2) is 60.0 Å². The second-order valence-corrected chi connectivity index (χ2v) is 11.4. The summed E-state index contributed by atoms with van der Waals surface area (Å²) in [6.07, 6.45) is 3.16. The van der Waals surface area contributed by atoms with Gasteiger partial charge >= 0.3 is 6.03 Å². The lowest BCUT2D eigenvalue weighted by Crippen LogP contribution is -2.50. The maximum atomic E-state index is 13.9. The number of benzene rings is 2. The number of thiophene rings is 1. The van der Waals surface area contributed by atoms with Crippen LogP contribution in [0.25, 0.3) is 0 Å². The van der Waals surface area contributed by atoms with E-state index in [9.17, 15) is 9.59 Å². The van der Waals surface area contributed by atoms with Gasteiger partial charge in [-0.25, -0.2) is 4.79 Å². The largest absolute Gasteiger partial charge is 0.493 e. The van der Waals surface area contributed by atoms with Crippen LogP contribution in [0.3, 0.4) is 0 Å². The Morgan fingerprint density at radius 3 is 2.52 bits per heavy atom. The predicted octanol–water partition coefficient (Wildman–Crippen LogP) is 5.20. The lowest BCUT2D eigenvalue weighted by molar-refractivity contribution is -0.135. The highest BCUT2D eigenvalue weighted by Crippen LogP contribution is 2.35. The summed E-state index contributed by atoms with van der Waals surface area (Å²) in [5.74, 6) is 1.22. The fraction of sp³-hybridized carbons (Fsp3) is 0.419. The maximum Gasteiger partial charge on any atom is 0.322 e. The van der Waals surface area contributed by atoms with Gasteiger partial charge in [-0.2, -0.15) is 0 Å². The molecule has 2 aliphatic heterocycles. The van der Waals surface area contributed by atoms with E-state index in [-0.39, 0.29) is 24.5 Å². The highest BCUT2D eigenvalue weighted by Gasteiger charge is 2.34. The van der Waals surface area contributed by atoms with Gasteiger partial charge < -0.3 is 29.5 Å². The zero-order chi connectivity index (χ0) is 27.9. The van der Waals surface area contributed by atoms with Gasteiger partial charge in [0.05, 0.1) is 13.2 Å². The Labute approximate surface area is 240 Å². The van der Waals surface area contributed by atoms with Crippen LogP contribution >= 0.6 is 11.3 Å². The molecule has 40 heavy (non-hydrogen) atoms. The third-order valence-corrected chi connectivity index (χ3v) is 8.68. The van der Waals surface area contributed by atoms with Crippen LogP contribution in [0.4, 0.5) is 10.5 Å². The molecule has 5 rings (SSSR count). The summed E-state index contributed by atoms with van der Waals surface area (Å²) in [4.78, 5) is 34.5. The van der Waals surface area contributed by atoms with E-state index in [0.717, 1.165) is 42.9 Å². The van der Waals surface area contributed by atoms with E-state index < -0.39 is 0 Å². The van der Waals surface area contributed by atoms with Gasteiger partial charge in [-0.1, -0.05) is 29.8 Å². The molecule has 3 amide bonds. The van der Waals surface area contributed by atoms with Crippen molar-refractivity contribution < 1.29 is 19.1 Å². The fourth-order valence-corrected chi connectivity index (χ4v) is 6.32. The molecule has 1 unspecified atom stereocenters. The Hall–Kier alpha value is -3.56. The monoisotopic (exact) mass is 562 g/mol. The van der Waals surface area contributed by atoms with Crippen LogP contribution in [0.2, 0.25) is 0 Å². The zero-order valence-electron chi connectivity index (χ0n) is 23.3. The first-order valence-electron chi connectivity index (χ1n) is 14.0. The SMILES string of the molecule is COc1ccccc1OCC1c2ccsc2CCN1C(=O)CN(CCN1CCCC1)C(=O)Nc1ccc(C)cc1. The molecule has 0 aliphatic carbocycles. The highest BCUT2D eigenvalue weighted by molar-refractivity contribution is 7.10. The zero-order valence-corrected chi connectivity index (χ0v) is 24.1. The number of anilines is 1. The molecule has 1 fully saturated rings. The minimum atomic E-state index is -0.258. The number of urea groups is 1. The van der Waals surface area contributed by atoms with E-state index in [2.05, 4.69) is 21.7 Å². The number of para-hydroxylation sites is 2. The van der Waals surface area contributed by atoms with Gasteiger partial charge in [-0.15, -0.1) is 11.3 Å². The van der Waals surface area contributed by atoms with Gasteiger partial charge in [-0.3, -0.25) is 4.79 Å². The smallest absolute Gasteiger partial charge is 0.322 e. The van der Waals surface area contributed by atoms with Crippen LogP contribution in [0.5, 0.6) is 11.5 Å². The Morgan fingerprint density at radius 2 is 1.77 bits per heavy atom. The summed E-state index contributed by atoms with van der Waals surface area (Å²) in [6, 6.07) is 16.8. The second kappa shape index (κ2) is 13.2. The average Bonchev–Trinajstić information content (AvgIpc) is 3.67. The van der Waals surface area contributed by atoms with Crippen molar-refractivity contribution in [1.29, 1.82) is 0 Å². The van der Waals surface area contributed by atoms with E-state index in [0.29, 0.717) is 31.2 Å². The number of likely N-dealkylation sites (tertiary alicyclic amines) is 1. The van der Waals surface area contributed by atoms with E-state index in [4.69, 9.17) is 9.47 Å². The molecule has 9 heteroatoms. The van der Waals surface area contributed by atoms with E-state index in [1.807, 2.05) is 60.4 Å². The van der Waals surface area contributed by atoms with E-state index in [1.165, 1.54) is 17.7 Å². The number of aryl methyl sites for hydroxylation is 1. The van der Waals surface area contributed by atoms with Crippen molar-refractivity contribution in [2.24, 2.45) is 0 Å². The predicted molar refractivity (Wildman–Crippen MR) is 158 cm³/mol. The van der Waals surface area contributed by atoms with Crippen LogP contribution in [0.1, 0.15) is 34.9 Å². The van der Waals surface area contributed by atoms with Crippen molar-refractivity contribution in [3.05, 3.63) is 76.0 Å². The lowest BCUT2D eigenvalue weighted by Gasteiger charge is -2.37. The normalized spacial score (nSPS) is 16.9. The van der Waals surface area contributed by atoms with Crippen molar-refractivity contribution >= 4 is 29.0 Å². The number of rotatable bonds is 10. The van der Waals surface area contributed by atoms with Gasteiger partial charge in [-0.05, 0) is 80.6 Å². The van der Waals surface area contributed by atoms with Gasteiger partial charge in [0.15, 0.2) is 11.5 Å². The molecule has 0 saturated carbocycles. The summed E-state index contributed by atoms with van der Waals surface area (Å²) >= 11 is 1.72. The molecule has 212 valence electrons. The number of fused-ring (bicyclic) bond motifs is 1. The first-order valence-corrected chi connectivity index (χ1v) is 14.9. The maximum absolute atomic E-state index is 13.9. The Balaban J connectivity index is 1.31. The van der Waals surface area contributed by atoms with Gasteiger partial charge in [0, 0.05) is 30.2 Å². The Morgan fingerprint density at radius 1 is 1.02 bits per heavy atom. The van der Waals surface area contributed by atoms with Crippen molar-refractivity contribution in [2.75, 3.05) is 58.3 Å². The van der Waals surface area contributed by atoms with E-state index >= 15 is 0 Å². The third-order valence-electron chi connectivity index (χ3n) is 7.68. The van der Waals surface area contributed by atoms with Crippen LogP contribution in [-0.2, 0) is 11.2 Å². The number of methoxy groups -OCH3 is 1. The first-order chi connectivity index (χ1) is 19.5. The molecule has 0 spiro atoms. The molecule has 2 aromatic carbocycles. The molecule has 0 bridgehead atoms. The first kappa shape index (κ1) is 28.0. The lowest BCUT2D eigenvalue weighted by atomic mass is 10.0. The quantitative estimate of drug-likeness (QED) is 0.368. The van der Waals surface area contributed by atoms with Crippen molar-refractivity contribution in [1.82, 2.24) is 14.7 Å². The number of carbonyl (C=O) groups excluding carboxylic acids is 2. The molecule has 0 radical (unpaired) electrons. The molecule has 1 atom stereocenters. The molecule has 1 N–H and O–H groups in total. The van der Waals surface area contributed by atoms with Crippen molar-refractivity contribution in [3.63, 3.8) is 0 Å². The fourth-order valence-electron chi connectivity index (χ4n) is 5.40. The van der Waals surface area contributed by atoms with Crippen molar-refractivity contribution in [3.8, 4) is 11.5 Å². The molecule has 1 aromatic heterocycles. The Bertz CT molecular complexity index is 1290. The van der Waals surface area contributed by atoms with Gasteiger partial charge in [0.25, 0.3) is 0 Å². The number of amides is 3. The number of hydrogen-bond donors (Lipinski definition) is 1. The summed E-state index contributed by atoms with van der Waals surface area (Å²) in [5.41, 5.74) is 2.96. The molecule has 1 saturated heterocycles. The summed E-state index contributed by atoms with van der Waals surface area (Å²) < 4.78 is 11.7. The second-order valence-electron chi connectivity index (χ2n) is 10.4. The standard InChI is InChI=1S/C31H38N4O4S/c1-23-9-11-24(12-10-23)32-31(37)34(19-18-33-15-5-6-16-33)21-30(36)35-17-13-29-25(14-20-40-29)26(35)22-39-28-8-4-3-7-27(28)38-2/h3-4,7-12,14,20,26H,5-6,13,15-19,21-22H2,1-2H3,(H,32,37). The minimum Gasteiger partial charge on any atom is -0.493 e. The molecule has 3 heterocycles. The number of ether oxygens (including phenoxy) is 2. The molecule has 3 aromatic rings. The molecular formula is C31H38N4O4S. The number of nitrogens with zero attached hydrogens (tertiary/aromatic N) is 3. The van der Waals surface area contributed by atoms with Crippen molar-refractivity contribution in [2.45, 2.75) is 32.2 Å². The minimum absolute atomic E-state index is 0.0101. The number of carbonyl (C=O) groups is 2. The van der Waals surface area contributed by atoms with Crippen LogP contribution in [-0.4, -0.2) is 79.6 Å². The van der Waals surface area contributed by atoms with Gasteiger partial charge in [0.1, 0.15) is 13.2 Å². The molecule has 8 nitrogen and oxygen atoms in total. The van der Waals surface area contributed by atoms with Crippen LogP contribution in [0, 0.1) is 6.92 Å². The topological polar surface area (TPSA) is 74.4 Å². The number of nitrogens with one attached hydrogen (secondary N) is 1. The molecular weight excluding hydrogens is 524 g/mol. The summed E-state index contributed by atoms with van der Waals surface area (Å²) in [5, 5.41) is 5.07. The number of hydrogen-bond acceptors (Lipinski definition) is 6. The molecule has 2 aliphatic rings. The van der Waals surface area contributed by atoms with Crippen LogP contribution < -0.4 is 14.8 Å². The van der Waals surface area contributed by atoms with E-state index in [1.54, 1.807) is 23.3 Å². The Kier molecular flexibility index (Phi) is 9.23. The van der Waals surface area contributed by atoms with Gasteiger partial charge in [0.2, 0.25) is 5.91 Å². The highest BCUT2D eigenvalue weighted by atomic mass is 32.1. The summed E-state index contributed by atoms with van der Waals surface area (Å²) in [7, 11) is 1.62. The summed E-state index contributed by atoms with van der Waals surface area (Å²) in [6.45, 7) is 6.24. The third kappa shape index (κ3) is 6.77. The average molecular weight is 563 g/mol.